The van der Waals surface area contributed by atoms with Crippen LogP contribution >= 0.6 is 0 Å². The molecule has 0 aliphatic heterocycles. The third-order valence-electron chi connectivity index (χ3n) is 4.45. The number of aromatic carboxylic acids is 1. The second-order valence-corrected chi connectivity index (χ2v) is 6.46. The average Bonchev–Trinajstić information content (AvgIpc) is 3.47. The van der Waals surface area contributed by atoms with E-state index in [0.29, 0.717) is 19.5 Å². The van der Waals surface area contributed by atoms with Crippen LogP contribution in [-0.2, 0) is 13.0 Å². The molecule has 0 spiro atoms. The van der Waals surface area contributed by atoms with E-state index in [2.05, 4.69) is 5.32 Å². The fraction of sp³-hybridized carbons (Fsp3) is 0.300. The topological polar surface area (TPSA) is 69.6 Å². The van der Waals surface area contributed by atoms with Crippen LogP contribution in [0.2, 0.25) is 0 Å². The summed E-state index contributed by atoms with van der Waals surface area (Å²) in [5.41, 5.74) is 2.06. The molecule has 6 heteroatoms. The highest BCUT2D eigenvalue weighted by Gasteiger charge is 2.32. The molecule has 0 atom stereocenters. The standard InChI is InChI=1S/C20H21FN2O3/c21-17-7-3-14(4-8-17)11-12-23(18-9-10-18)20(26)22-13-15-1-5-16(6-2-15)19(24)25/h1-8,18H,9-13H2,(H,22,26)(H,24,25). The maximum atomic E-state index is 13.0. The van der Waals surface area contributed by atoms with E-state index in [9.17, 15) is 14.0 Å². The van der Waals surface area contributed by atoms with Crippen LogP contribution in [0.25, 0.3) is 0 Å². The van der Waals surface area contributed by atoms with Crippen molar-refractivity contribution in [3.8, 4) is 0 Å². The number of carboxylic acid groups (broad SMARTS) is 1. The van der Waals surface area contributed by atoms with Crippen LogP contribution in [0.5, 0.6) is 0 Å². The number of carbonyl (C=O) groups excluding carboxylic acids is 1. The molecule has 136 valence electrons. The summed E-state index contributed by atoms with van der Waals surface area (Å²) >= 11 is 0. The van der Waals surface area contributed by atoms with Crippen molar-refractivity contribution in [2.75, 3.05) is 6.54 Å². The molecule has 5 nitrogen and oxygen atoms in total. The largest absolute Gasteiger partial charge is 0.478 e. The summed E-state index contributed by atoms with van der Waals surface area (Å²) in [4.78, 5) is 25.2. The van der Waals surface area contributed by atoms with E-state index in [4.69, 9.17) is 5.11 Å². The van der Waals surface area contributed by atoms with Crippen molar-refractivity contribution in [2.24, 2.45) is 0 Å². The maximum absolute atomic E-state index is 13.0. The molecule has 1 saturated carbocycles. The quantitative estimate of drug-likeness (QED) is 0.798. The van der Waals surface area contributed by atoms with Crippen molar-refractivity contribution in [1.29, 1.82) is 0 Å². The molecule has 0 bridgehead atoms. The zero-order valence-electron chi connectivity index (χ0n) is 14.3. The van der Waals surface area contributed by atoms with Gasteiger partial charge in [0, 0.05) is 19.1 Å². The van der Waals surface area contributed by atoms with E-state index in [-0.39, 0.29) is 23.5 Å². The molecule has 0 heterocycles. The summed E-state index contributed by atoms with van der Waals surface area (Å²) < 4.78 is 13.0. The molecule has 1 aliphatic rings. The molecule has 1 fully saturated rings. The van der Waals surface area contributed by atoms with E-state index in [1.807, 2.05) is 4.90 Å². The van der Waals surface area contributed by atoms with Crippen LogP contribution in [0.3, 0.4) is 0 Å². The number of rotatable bonds is 7. The summed E-state index contributed by atoms with van der Waals surface area (Å²) in [6.07, 6.45) is 2.69. The fourth-order valence-corrected chi connectivity index (χ4v) is 2.78. The number of halogens is 1. The predicted molar refractivity (Wildman–Crippen MR) is 95.5 cm³/mol. The monoisotopic (exact) mass is 356 g/mol. The number of hydrogen-bond donors (Lipinski definition) is 2. The molecule has 2 N–H and O–H groups in total. The molecule has 2 amide bonds. The minimum absolute atomic E-state index is 0.128. The number of hydrogen-bond acceptors (Lipinski definition) is 2. The van der Waals surface area contributed by atoms with Gasteiger partial charge in [-0.2, -0.15) is 0 Å². The summed E-state index contributed by atoms with van der Waals surface area (Å²) in [5.74, 6) is -1.24. The lowest BCUT2D eigenvalue weighted by Crippen LogP contribution is -2.42. The molecule has 3 rings (SSSR count). The minimum atomic E-state index is -0.971. The number of benzene rings is 2. The van der Waals surface area contributed by atoms with Gasteiger partial charge in [0.25, 0.3) is 0 Å². The third-order valence-corrected chi connectivity index (χ3v) is 4.45. The highest BCUT2D eigenvalue weighted by Crippen LogP contribution is 2.27. The fourth-order valence-electron chi connectivity index (χ4n) is 2.78. The average molecular weight is 356 g/mol. The first-order valence-electron chi connectivity index (χ1n) is 8.64. The molecule has 0 saturated heterocycles. The summed E-state index contributed by atoms with van der Waals surface area (Å²) in [6.45, 7) is 0.929. The van der Waals surface area contributed by atoms with Gasteiger partial charge in [0.15, 0.2) is 0 Å². The highest BCUT2D eigenvalue weighted by molar-refractivity contribution is 5.87. The SMILES string of the molecule is O=C(O)c1ccc(CNC(=O)N(CCc2ccc(F)cc2)C2CC2)cc1. The van der Waals surface area contributed by atoms with Crippen molar-refractivity contribution >= 4 is 12.0 Å². The third kappa shape index (κ3) is 4.81. The molecule has 1 aliphatic carbocycles. The molecule has 0 unspecified atom stereocenters. The Bertz CT molecular complexity index is 771. The zero-order valence-corrected chi connectivity index (χ0v) is 14.3. The number of nitrogens with one attached hydrogen (secondary N) is 1. The van der Waals surface area contributed by atoms with Gasteiger partial charge in [-0.25, -0.2) is 14.0 Å². The number of amides is 2. The molecular weight excluding hydrogens is 335 g/mol. The smallest absolute Gasteiger partial charge is 0.335 e. The Hall–Kier alpha value is -2.89. The lowest BCUT2D eigenvalue weighted by Gasteiger charge is -2.23. The zero-order chi connectivity index (χ0) is 18.5. The summed E-state index contributed by atoms with van der Waals surface area (Å²) in [5, 5.41) is 11.8. The highest BCUT2D eigenvalue weighted by atomic mass is 19.1. The Morgan fingerprint density at radius 1 is 1.04 bits per heavy atom. The Balaban J connectivity index is 1.53. The van der Waals surface area contributed by atoms with Crippen molar-refractivity contribution < 1.29 is 19.1 Å². The normalized spacial score (nSPS) is 13.3. The Labute approximate surface area is 151 Å². The Morgan fingerprint density at radius 3 is 2.23 bits per heavy atom. The van der Waals surface area contributed by atoms with Gasteiger partial charge in [-0.05, 0) is 54.7 Å². The van der Waals surface area contributed by atoms with Gasteiger partial charge in [-0.15, -0.1) is 0 Å². The molecule has 2 aromatic carbocycles. The van der Waals surface area contributed by atoms with Crippen molar-refractivity contribution in [1.82, 2.24) is 10.2 Å². The molecule has 0 radical (unpaired) electrons. The summed E-state index contributed by atoms with van der Waals surface area (Å²) in [6, 6.07) is 12.9. The van der Waals surface area contributed by atoms with E-state index in [1.165, 1.54) is 24.3 Å². The lowest BCUT2D eigenvalue weighted by atomic mass is 10.1. The van der Waals surface area contributed by atoms with Crippen LogP contribution < -0.4 is 5.32 Å². The first kappa shape index (κ1) is 17.9. The lowest BCUT2D eigenvalue weighted by molar-refractivity contribution is 0.0697. The molecule has 2 aromatic rings. The van der Waals surface area contributed by atoms with E-state index >= 15 is 0 Å². The van der Waals surface area contributed by atoms with Crippen molar-refractivity contribution in [3.63, 3.8) is 0 Å². The van der Waals surface area contributed by atoms with Gasteiger partial charge in [-0.3, -0.25) is 0 Å². The Kier molecular flexibility index (Phi) is 5.51. The Morgan fingerprint density at radius 2 is 1.65 bits per heavy atom. The van der Waals surface area contributed by atoms with E-state index in [0.717, 1.165) is 24.0 Å². The van der Waals surface area contributed by atoms with Crippen molar-refractivity contribution in [2.45, 2.75) is 31.8 Å². The van der Waals surface area contributed by atoms with Gasteiger partial charge in [0.1, 0.15) is 5.82 Å². The van der Waals surface area contributed by atoms with Crippen LogP contribution in [-0.4, -0.2) is 34.6 Å². The molecule has 0 aromatic heterocycles. The second kappa shape index (κ2) is 7.99. The van der Waals surface area contributed by atoms with Crippen LogP contribution in [0, 0.1) is 5.82 Å². The second-order valence-electron chi connectivity index (χ2n) is 6.46. The first-order valence-corrected chi connectivity index (χ1v) is 8.64. The predicted octanol–water partition coefficient (Wildman–Crippen LogP) is 3.44. The van der Waals surface area contributed by atoms with Crippen molar-refractivity contribution in [3.05, 3.63) is 71.0 Å². The number of urea groups is 1. The van der Waals surface area contributed by atoms with Gasteiger partial charge in [0.05, 0.1) is 5.56 Å². The number of nitrogens with zero attached hydrogens (tertiary/aromatic N) is 1. The first-order chi connectivity index (χ1) is 12.5. The van der Waals surface area contributed by atoms with Crippen LogP contribution in [0.1, 0.15) is 34.3 Å². The van der Waals surface area contributed by atoms with Crippen LogP contribution in [0.4, 0.5) is 9.18 Å². The molecular formula is C20H21FN2O3. The van der Waals surface area contributed by atoms with Gasteiger partial charge in [-0.1, -0.05) is 24.3 Å². The molecule has 26 heavy (non-hydrogen) atoms. The number of carbonyl (C=O) groups is 2. The van der Waals surface area contributed by atoms with Gasteiger partial charge in [0.2, 0.25) is 0 Å². The van der Waals surface area contributed by atoms with Crippen LogP contribution in [0.15, 0.2) is 48.5 Å². The minimum Gasteiger partial charge on any atom is -0.478 e. The van der Waals surface area contributed by atoms with Gasteiger partial charge < -0.3 is 15.3 Å². The van der Waals surface area contributed by atoms with Gasteiger partial charge >= 0.3 is 12.0 Å². The van der Waals surface area contributed by atoms with E-state index in [1.54, 1.807) is 24.3 Å². The number of carboxylic acids is 1. The summed E-state index contributed by atoms with van der Waals surface area (Å²) in [7, 11) is 0. The maximum Gasteiger partial charge on any atom is 0.335 e. The van der Waals surface area contributed by atoms with E-state index < -0.39 is 5.97 Å².